The minimum absolute atomic E-state index is 0.241. The van der Waals surface area contributed by atoms with Crippen LogP contribution in [0.4, 0.5) is 4.39 Å². The number of halogens is 1. The fourth-order valence-electron chi connectivity index (χ4n) is 2.45. The van der Waals surface area contributed by atoms with Gasteiger partial charge in [0.2, 0.25) is 0 Å². The van der Waals surface area contributed by atoms with E-state index in [1.165, 1.54) is 17.7 Å². The topological polar surface area (TPSA) is 30.7 Å². The Kier molecular flexibility index (Phi) is 4.33. The molecule has 3 nitrogen and oxygen atoms in total. The first-order chi connectivity index (χ1) is 11.1. The highest BCUT2D eigenvalue weighted by molar-refractivity contribution is 5.80. The summed E-state index contributed by atoms with van der Waals surface area (Å²) in [6.07, 6.45) is 7.50. The lowest BCUT2D eigenvalue weighted by Crippen LogP contribution is -2.01. The van der Waals surface area contributed by atoms with Gasteiger partial charge in [-0.15, -0.1) is 0 Å². The van der Waals surface area contributed by atoms with Gasteiger partial charge in [0.1, 0.15) is 5.82 Å². The third-order valence-electron chi connectivity index (χ3n) is 3.62. The van der Waals surface area contributed by atoms with Crippen molar-refractivity contribution in [3.63, 3.8) is 0 Å². The molecule has 3 rings (SSSR count). The molecule has 0 atom stereocenters. The number of aromatic nitrogens is 3. The van der Waals surface area contributed by atoms with Crippen LogP contribution in [0, 0.1) is 5.82 Å². The highest BCUT2D eigenvalue weighted by atomic mass is 19.1. The van der Waals surface area contributed by atoms with Crippen molar-refractivity contribution in [3.05, 3.63) is 72.5 Å². The maximum absolute atomic E-state index is 13.3. The zero-order valence-corrected chi connectivity index (χ0v) is 13.2. The van der Waals surface area contributed by atoms with E-state index in [-0.39, 0.29) is 5.82 Å². The van der Waals surface area contributed by atoms with Crippen molar-refractivity contribution in [2.75, 3.05) is 0 Å². The highest BCUT2D eigenvalue weighted by Gasteiger charge is 2.14. The van der Waals surface area contributed by atoms with Gasteiger partial charge < -0.3 is 0 Å². The Bertz CT molecular complexity index is 814. The lowest BCUT2D eigenvalue weighted by atomic mass is 10.0. The van der Waals surface area contributed by atoms with E-state index >= 15 is 0 Å². The number of nitrogens with zero attached hydrogens (tertiary/aromatic N) is 3. The van der Waals surface area contributed by atoms with Gasteiger partial charge in [-0.1, -0.05) is 11.6 Å². The van der Waals surface area contributed by atoms with Gasteiger partial charge in [-0.3, -0.25) is 9.67 Å². The van der Waals surface area contributed by atoms with Crippen LogP contribution < -0.4 is 0 Å². The molecule has 1 aromatic carbocycles. The van der Waals surface area contributed by atoms with Gasteiger partial charge in [-0.25, -0.2) is 4.39 Å². The second-order valence-corrected chi connectivity index (χ2v) is 5.61. The van der Waals surface area contributed by atoms with Gasteiger partial charge in [-0.2, -0.15) is 5.10 Å². The van der Waals surface area contributed by atoms with Crippen molar-refractivity contribution in [2.24, 2.45) is 0 Å². The SMILES string of the molecule is CC(C)=CCn1ncc(-c2ccncc2)c1-c1ccc(F)cc1. The van der Waals surface area contributed by atoms with E-state index in [1.54, 1.807) is 24.5 Å². The molecule has 0 saturated carbocycles. The van der Waals surface area contributed by atoms with Crippen LogP contribution in [-0.4, -0.2) is 14.8 Å². The van der Waals surface area contributed by atoms with E-state index in [4.69, 9.17) is 0 Å². The minimum Gasteiger partial charge on any atom is -0.265 e. The molecule has 0 aliphatic heterocycles. The second-order valence-electron chi connectivity index (χ2n) is 5.61. The van der Waals surface area contributed by atoms with Gasteiger partial charge in [0.25, 0.3) is 0 Å². The predicted molar refractivity (Wildman–Crippen MR) is 90.3 cm³/mol. The van der Waals surface area contributed by atoms with Gasteiger partial charge in [0.05, 0.1) is 18.4 Å². The summed E-state index contributed by atoms with van der Waals surface area (Å²) in [5, 5.41) is 4.52. The fraction of sp³-hybridized carbons (Fsp3) is 0.158. The Morgan fingerprint density at radius 1 is 1.04 bits per heavy atom. The standard InChI is InChI=1S/C19H18FN3/c1-14(2)9-12-23-19(16-3-5-17(20)6-4-16)18(13-22-23)15-7-10-21-11-8-15/h3-11,13H,12H2,1-2H3. The molecule has 0 fully saturated rings. The number of pyridine rings is 1. The minimum atomic E-state index is -0.241. The van der Waals surface area contributed by atoms with Crippen LogP contribution >= 0.6 is 0 Å². The number of benzene rings is 1. The van der Waals surface area contributed by atoms with E-state index in [1.807, 2.05) is 23.0 Å². The molecule has 0 N–H and O–H groups in total. The molecule has 0 amide bonds. The van der Waals surface area contributed by atoms with Gasteiger partial charge in [0, 0.05) is 23.5 Å². The van der Waals surface area contributed by atoms with Crippen LogP contribution in [0.15, 0.2) is 66.6 Å². The van der Waals surface area contributed by atoms with Crippen molar-refractivity contribution in [1.82, 2.24) is 14.8 Å². The Labute approximate surface area is 135 Å². The van der Waals surface area contributed by atoms with Crippen LogP contribution in [0.25, 0.3) is 22.4 Å². The average molecular weight is 307 g/mol. The van der Waals surface area contributed by atoms with Gasteiger partial charge >= 0.3 is 0 Å². The zero-order chi connectivity index (χ0) is 16.2. The monoisotopic (exact) mass is 307 g/mol. The van der Waals surface area contributed by atoms with Gasteiger partial charge in [0.15, 0.2) is 0 Å². The Hall–Kier alpha value is -2.75. The van der Waals surface area contributed by atoms with Crippen molar-refractivity contribution in [1.29, 1.82) is 0 Å². The Balaban J connectivity index is 2.14. The van der Waals surface area contributed by atoms with E-state index < -0.39 is 0 Å². The van der Waals surface area contributed by atoms with Crippen molar-refractivity contribution < 1.29 is 4.39 Å². The molecule has 0 aliphatic carbocycles. The van der Waals surface area contributed by atoms with Crippen LogP contribution in [-0.2, 0) is 6.54 Å². The van der Waals surface area contributed by atoms with E-state index in [0.29, 0.717) is 6.54 Å². The van der Waals surface area contributed by atoms with Crippen molar-refractivity contribution in [2.45, 2.75) is 20.4 Å². The summed E-state index contributed by atoms with van der Waals surface area (Å²) in [4.78, 5) is 4.06. The normalized spacial score (nSPS) is 10.6. The third kappa shape index (κ3) is 3.37. The van der Waals surface area contributed by atoms with E-state index in [0.717, 1.165) is 22.4 Å². The first-order valence-corrected chi connectivity index (χ1v) is 7.50. The largest absolute Gasteiger partial charge is 0.265 e. The number of allylic oxidation sites excluding steroid dienone is 2. The molecule has 0 radical (unpaired) electrons. The quantitative estimate of drug-likeness (QED) is 0.653. The van der Waals surface area contributed by atoms with E-state index in [9.17, 15) is 4.39 Å². The van der Waals surface area contributed by atoms with Crippen LogP contribution in [0.3, 0.4) is 0 Å². The molecule has 0 unspecified atom stereocenters. The molecule has 0 saturated heterocycles. The summed E-state index contributed by atoms with van der Waals surface area (Å²) >= 11 is 0. The number of hydrogen-bond acceptors (Lipinski definition) is 2. The molecule has 4 heteroatoms. The molecular formula is C19H18FN3. The molecule has 2 heterocycles. The fourth-order valence-corrected chi connectivity index (χ4v) is 2.45. The van der Waals surface area contributed by atoms with Crippen LogP contribution in [0.2, 0.25) is 0 Å². The predicted octanol–water partition coefficient (Wildman–Crippen LogP) is 4.72. The molecule has 0 aliphatic rings. The molecule has 0 spiro atoms. The Morgan fingerprint density at radius 2 is 1.74 bits per heavy atom. The molecule has 2 aromatic heterocycles. The zero-order valence-electron chi connectivity index (χ0n) is 13.2. The molecule has 116 valence electrons. The van der Waals surface area contributed by atoms with Gasteiger partial charge in [-0.05, 0) is 55.8 Å². The third-order valence-corrected chi connectivity index (χ3v) is 3.62. The maximum Gasteiger partial charge on any atom is 0.123 e. The highest BCUT2D eigenvalue weighted by Crippen LogP contribution is 2.32. The smallest absolute Gasteiger partial charge is 0.123 e. The lowest BCUT2D eigenvalue weighted by Gasteiger charge is -2.09. The number of hydrogen-bond donors (Lipinski definition) is 0. The summed E-state index contributed by atoms with van der Waals surface area (Å²) < 4.78 is 15.2. The summed E-state index contributed by atoms with van der Waals surface area (Å²) in [5.41, 5.74) is 5.21. The summed E-state index contributed by atoms with van der Waals surface area (Å²) in [6, 6.07) is 10.4. The average Bonchev–Trinajstić information content (AvgIpc) is 2.98. The van der Waals surface area contributed by atoms with Crippen molar-refractivity contribution >= 4 is 0 Å². The van der Waals surface area contributed by atoms with E-state index in [2.05, 4.69) is 30.0 Å². The molecule has 0 bridgehead atoms. The molecule has 3 aromatic rings. The summed E-state index contributed by atoms with van der Waals surface area (Å²) in [6.45, 7) is 4.80. The first-order valence-electron chi connectivity index (χ1n) is 7.50. The Morgan fingerprint density at radius 3 is 2.39 bits per heavy atom. The second kappa shape index (κ2) is 6.57. The summed E-state index contributed by atoms with van der Waals surface area (Å²) in [5.74, 6) is -0.241. The first kappa shape index (κ1) is 15.2. The van der Waals surface area contributed by atoms with Crippen LogP contribution in [0.5, 0.6) is 0 Å². The maximum atomic E-state index is 13.3. The molecular weight excluding hydrogens is 289 g/mol. The molecule has 23 heavy (non-hydrogen) atoms. The van der Waals surface area contributed by atoms with Crippen LogP contribution in [0.1, 0.15) is 13.8 Å². The lowest BCUT2D eigenvalue weighted by molar-refractivity contribution is 0.628. The van der Waals surface area contributed by atoms with Crippen molar-refractivity contribution in [3.8, 4) is 22.4 Å². The number of rotatable bonds is 4. The summed E-state index contributed by atoms with van der Waals surface area (Å²) in [7, 11) is 0.